The van der Waals surface area contributed by atoms with Gasteiger partial charge in [-0.1, -0.05) is 24.3 Å². The lowest BCUT2D eigenvalue weighted by Crippen LogP contribution is -2.37. The number of ether oxygens (including phenoxy) is 1. The summed E-state index contributed by atoms with van der Waals surface area (Å²) in [5, 5.41) is 8.00. The number of methoxy groups -OCH3 is 1. The maximum Gasteiger partial charge on any atom is 0.274 e. The van der Waals surface area contributed by atoms with Gasteiger partial charge in [-0.15, -0.1) is 0 Å². The van der Waals surface area contributed by atoms with Crippen molar-refractivity contribution in [1.82, 2.24) is 24.6 Å². The first-order valence-electron chi connectivity index (χ1n) is 13.2. The van der Waals surface area contributed by atoms with Gasteiger partial charge in [0.05, 0.1) is 18.3 Å². The molecule has 2 amide bonds. The fraction of sp³-hybridized carbons (Fsp3) is 0.194. The van der Waals surface area contributed by atoms with Gasteiger partial charge in [0, 0.05) is 29.7 Å². The smallest absolute Gasteiger partial charge is 0.274 e. The molecule has 200 valence electrons. The Balaban J connectivity index is 1.05. The molecule has 1 fully saturated rings. The highest BCUT2D eigenvalue weighted by molar-refractivity contribution is 6.04. The number of fused-ring (bicyclic) bond motifs is 1. The van der Waals surface area contributed by atoms with E-state index in [0.29, 0.717) is 36.0 Å². The van der Waals surface area contributed by atoms with Gasteiger partial charge >= 0.3 is 0 Å². The van der Waals surface area contributed by atoms with E-state index in [0.717, 1.165) is 35.2 Å². The predicted octanol–water partition coefficient (Wildman–Crippen LogP) is 5.10. The molecular formula is C31H28N6O3. The molecule has 3 aromatic carbocycles. The largest absolute Gasteiger partial charge is 0.497 e. The fourth-order valence-electron chi connectivity index (χ4n) is 5.11. The van der Waals surface area contributed by atoms with Crippen molar-refractivity contribution in [1.29, 1.82) is 0 Å². The summed E-state index contributed by atoms with van der Waals surface area (Å²) in [5.41, 5.74) is 4.46. The summed E-state index contributed by atoms with van der Waals surface area (Å²) in [5.74, 6) is 0.873. The first kappa shape index (κ1) is 25.2. The third kappa shape index (κ3) is 5.26. The van der Waals surface area contributed by atoms with E-state index in [1.807, 2.05) is 65.6 Å². The Hall–Kier alpha value is -5.05. The van der Waals surface area contributed by atoms with Crippen molar-refractivity contribution in [2.75, 3.05) is 25.5 Å². The van der Waals surface area contributed by atoms with E-state index in [2.05, 4.69) is 32.5 Å². The van der Waals surface area contributed by atoms with Crippen molar-refractivity contribution < 1.29 is 14.3 Å². The quantitative estimate of drug-likeness (QED) is 0.327. The highest BCUT2D eigenvalue weighted by Crippen LogP contribution is 2.30. The number of anilines is 1. The molecule has 40 heavy (non-hydrogen) atoms. The zero-order valence-electron chi connectivity index (χ0n) is 22.0. The number of hydrogen-bond donors (Lipinski definition) is 1. The molecule has 1 saturated heterocycles. The zero-order valence-corrected chi connectivity index (χ0v) is 22.0. The first-order valence-corrected chi connectivity index (χ1v) is 13.2. The topological polar surface area (TPSA) is 102 Å². The number of nitrogens with one attached hydrogen (secondary N) is 1. The molecule has 0 unspecified atom stereocenters. The second kappa shape index (κ2) is 11.0. The van der Waals surface area contributed by atoms with E-state index in [9.17, 15) is 9.59 Å². The Labute approximate surface area is 231 Å². The van der Waals surface area contributed by atoms with Gasteiger partial charge in [-0.2, -0.15) is 5.10 Å². The number of piperidine rings is 1. The van der Waals surface area contributed by atoms with Crippen LogP contribution in [0.15, 0.2) is 91.5 Å². The summed E-state index contributed by atoms with van der Waals surface area (Å²) in [6, 6.07) is 24.6. The summed E-state index contributed by atoms with van der Waals surface area (Å²) in [6.07, 6.45) is 4.85. The van der Waals surface area contributed by atoms with Gasteiger partial charge in [0.25, 0.3) is 11.8 Å². The first-order chi connectivity index (χ1) is 19.6. The Bertz CT molecular complexity index is 1660. The molecule has 6 rings (SSSR count). The van der Waals surface area contributed by atoms with Gasteiger partial charge in [-0.05, 0) is 78.9 Å². The minimum Gasteiger partial charge on any atom is -0.497 e. The van der Waals surface area contributed by atoms with E-state index in [1.165, 1.54) is 11.9 Å². The average Bonchev–Trinajstić information content (AvgIpc) is 3.56. The van der Waals surface area contributed by atoms with E-state index >= 15 is 0 Å². The van der Waals surface area contributed by atoms with Crippen molar-refractivity contribution in [3.63, 3.8) is 0 Å². The molecule has 0 radical (unpaired) electrons. The lowest BCUT2D eigenvalue weighted by atomic mass is 9.89. The fourth-order valence-corrected chi connectivity index (χ4v) is 5.11. The summed E-state index contributed by atoms with van der Waals surface area (Å²) >= 11 is 0. The molecule has 5 aromatic rings. The van der Waals surface area contributed by atoms with Crippen LogP contribution in [0, 0.1) is 0 Å². The van der Waals surface area contributed by atoms with Crippen LogP contribution in [0.5, 0.6) is 5.75 Å². The number of nitrogens with zero attached hydrogens (tertiary/aromatic N) is 5. The standard InChI is InChI=1S/C31H28N6O3/c1-40-27-10-12-28-23(18-27)7-11-29(35-28)30(38)34-25-8-5-21(6-9-25)22-13-15-36(16-14-22)31(39)24-3-2-4-26(17-24)37-20-32-19-33-37/h2-12,17-20,22H,13-16H2,1H3,(H,34,38). The van der Waals surface area contributed by atoms with E-state index in [1.54, 1.807) is 24.2 Å². The highest BCUT2D eigenvalue weighted by Gasteiger charge is 2.25. The Morgan fingerprint density at radius 1 is 0.950 bits per heavy atom. The van der Waals surface area contributed by atoms with Gasteiger partial charge in [-0.3, -0.25) is 9.59 Å². The van der Waals surface area contributed by atoms with E-state index in [4.69, 9.17) is 4.74 Å². The lowest BCUT2D eigenvalue weighted by molar-refractivity contribution is 0.0713. The van der Waals surface area contributed by atoms with Crippen LogP contribution in [0.4, 0.5) is 5.69 Å². The van der Waals surface area contributed by atoms with Crippen molar-refractivity contribution in [2.24, 2.45) is 0 Å². The number of aromatic nitrogens is 4. The molecule has 1 aliphatic rings. The molecule has 9 nitrogen and oxygen atoms in total. The van der Waals surface area contributed by atoms with Crippen molar-refractivity contribution >= 4 is 28.4 Å². The maximum absolute atomic E-state index is 13.2. The van der Waals surface area contributed by atoms with Crippen LogP contribution in [0.3, 0.4) is 0 Å². The molecular weight excluding hydrogens is 504 g/mol. The molecule has 0 aliphatic carbocycles. The monoisotopic (exact) mass is 532 g/mol. The average molecular weight is 533 g/mol. The summed E-state index contributed by atoms with van der Waals surface area (Å²) in [4.78, 5) is 36.4. The molecule has 0 saturated carbocycles. The number of carbonyl (C=O) groups is 2. The Morgan fingerprint density at radius 3 is 2.52 bits per heavy atom. The van der Waals surface area contributed by atoms with Crippen LogP contribution < -0.4 is 10.1 Å². The maximum atomic E-state index is 13.2. The van der Waals surface area contributed by atoms with Crippen LogP contribution in [0.25, 0.3) is 16.6 Å². The van der Waals surface area contributed by atoms with Gasteiger partial charge in [0.2, 0.25) is 0 Å². The van der Waals surface area contributed by atoms with Crippen LogP contribution in [0.1, 0.15) is 45.2 Å². The molecule has 3 heterocycles. The summed E-state index contributed by atoms with van der Waals surface area (Å²) in [7, 11) is 1.62. The number of likely N-dealkylation sites (tertiary alicyclic amines) is 1. The van der Waals surface area contributed by atoms with Crippen LogP contribution >= 0.6 is 0 Å². The zero-order chi connectivity index (χ0) is 27.5. The number of benzene rings is 3. The third-order valence-corrected chi connectivity index (χ3v) is 7.33. The Kier molecular flexibility index (Phi) is 6.93. The Morgan fingerprint density at radius 2 is 1.77 bits per heavy atom. The van der Waals surface area contributed by atoms with Gasteiger partial charge in [0.1, 0.15) is 24.1 Å². The number of carbonyl (C=O) groups excluding carboxylic acids is 2. The molecule has 0 bridgehead atoms. The minimum absolute atomic E-state index is 0.0277. The second-order valence-corrected chi connectivity index (χ2v) is 9.79. The van der Waals surface area contributed by atoms with Crippen LogP contribution in [-0.4, -0.2) is 56.7 Å². The lowest BCUT2D eigenvalue weighted by Gasteiger charge is -2.32. The van der Waals surface area contributed by atoms with Gasteiger partial charge in [-0.25, -0.2) is 14.6 Å². The summed E-state index contributed by atoms with van der Waals surface area (Å²) < 4.78 is 6.90. The normalized spacial score (nSPS) is 13.8. The van der Waals surface area contributed by atoms with E-state index in [-0.39, 0.29) is 11.8 Å². The molecule has 0 spiro atoms. The molecule has 1 aliphatic heterocycles. The second-order valence-electron chi connectivity index (χ2n) is 9.79. The number of rotatable bonds is 6. The minimum atomic E-state index is -0.259. The van der Waals surface area contributed by atoms with Crippen LogP contribution in [-0.2, 0) is 0 Å². The number of hydrogen-bond acceptors (Lipinski definition) is 6. The van der Waals surface area contributed by atoms with Gasteiger partial charge in [0.15, 0.2) is 0 Å². The van der Waals surface area contributed by atoms with Crippen molar-refractivity contribution in [3.8, 4) is 11.4 Å². The molecule has 2 aromatic heterocycles. The number of pyridine rings is 1. The molecule has 1 N–H and O–H groups in total. The summed E-state index contributed by atoms with van der Waals surface area (Å²) in [6.45, 7) is 1.38. The predicted molar refractivity (Wildman–Crippen MR) is 152 cm³/mol. The molecule has 0 atom stereocenters. The number of amides is 2. The van der Waals surface area contributed by atoms with E-state index < -0.39 is 0 Å². The SMILES string of the molecule is COc1ccc2nc(C(=O)Nc3ccc(C4CCN(C(=O)c5cccc(-n6cncn6)c5)CC4)cc3)ccc2c1. The third-order valence-electron chi connectivity index (χ3n) is 7.33. The van der Waals surface area contributed by atoms with Crippen molar-refractivity contribution in [2.45, 2.75) is 18.8 Å². The van der Waals surface area contributed by atoms with Crippen molar-refractivity contribution in [3.05, 3.63) is 108 Å². The van der Waals surface area contributed by atoms with Crippen LogP contribution in [0.2, 0.25) is 0 Å². The highest BCUT2D eigenvalue weighted by atomic mass is 16.5. The molecule has 9 heteroatoms. The van der Waals surface area contributed by atoms with Gasteiger partial charge < -0.3 is 15.0 Å².